The third-order valence-electron chi connectivity index (χ3n) is 1.41. The first-order chi connectivity index (χ1) is 4.74. The number of carbonyl (C=O) groups excluding carboxylic acids is 1. The fourth-order valence-corrected chi connectivity index (χ4v) is 0.675. The van der Waals surface area contributed by atoms with Crippen LogP contribution in [-0.4, -0.2) is 30.5 Å². The molecule has 0 bridgehead atoms. The number of rotatable bonds is 4. The highest BCUT2D eigenvalue weighted by molar-refractivity contribution is 5.71. The normalized spacial score (nSPS) is 10.0. The Hall–Kier alpha value is -0.570. The van der Waals surface area contributed by atoms with E-state index in [0.29, 0.717) is 6.54 Å². The van der Waals surface area contributed by atoms with Crippen LogP contribution in [0.4, 0.5) is 0 Å². The van der Waals surface area contributed by atoms with Gasteiger partial charge < -0.3 is 4.74 Å². The predicted molar refractivity (Wildman–Crippen MR) is 39.2 cm³/mol. The molecule has 3 heteroatoms. The molecule has 0 atom stereocenters. The lowest BCUT2D eigenvalue weighted by atomic mass is 10.5. The second kappa shape index (κ2) is 5.23. The molecule has 3 nitrogen and oxygen atoms in total. The van der Waals surface area contributed by atoms with Crippen LogP contribution < -0.4 is 0 Å². The zero-order chi connectivity index (χ0) is 7.98. The maximum Gasteiger partial charge on any atom is 0.320 e. The molecule has 0 aliphatic carbocycles. The van der Waals surface area contributed by atoms with Gasteiger partial charge in [-0.05, 0) is 13.1 Å². The number of likely N-dealkylation sites (N-methyl/N-ethyl adjacent to an activating group) is 1. The molecule has 0 N–H and O–H groups in total. The van der Waals surface area contributed by atoms with Gasteiger partial charge in [0, 0.05) is 0 Å². The Bertz CT molecular complexity index is 99.8. The predicted octanol–water partition coefficient (Wildman–Crippen LogP) is 0.663. The highest BCUT2D eigenvalue weighted by Crippen LogP contribution is 1.87. The summed E-state index contributed by atoms with van der Waals surface area (Å²) in [6.07, 6.45) is 0. The van der Waals surface area contributed by atoms with Crippen LogP contribution >= 0.6 is 0 Å². The standard InChI is InChI=1S/C7H14NO2/c1-4-8(5-2)6-7(9)10-3/h3-6H2,1-2H3. The molecule has 0 fully saturated rings. The Balaban J connectivity index is 3.52. The molecule has 0 saturated carbocycles. The lowest BCUT2D eigenvalue weighted by Crippen LogP contribution is -2.29. The number of esters is 1. The van der Waals surface area contributed by atoms with E-state index >= 15 is 0 Å². The largest absolute Gasteiger partial charge is 0.461 e. The van der Waals surface area contributed by atoms with Crippen LogP contribution in [0.2, 0.25) is 0 Å². The summed E-state index contributed by atoms with van der Waals surface area (Å²) in [7, 11) is 3.03. The molecule has 0 aliphatic heterocycles. The zero-order valence-electron chi connectivity index (χ0n) is 6.59. The SMILES string of the molecule is [CH2]OC(=O)CN(CC)CC. The van der Waals surface area contributed by atoms with Crippen molar-refractivity contribution in [2.45, 2.75) is 13.8 Å². The molecule has 0 saturated heterocycles. The van der Waals surface area contributed by atoms with Gasteiger partial charge in [0.1, 0.15) is 7.11 Å². The molecule has 0 heterocycles. The lowest BCUT2D eigenvalue weighted by Gasteiger charge is -2.15. The Kier molecular flexibility index (Phi) is 4.94. The Labute approximate surface area is 62.0 Å². The van der Waals surface area contributed by atoms with E-state index in [9.17, 15) is 4.79 Å². The molecule has 0 amide bonds. The average molecular weight is 144 g/mol. The van der Waals surface area contributed by atoms with Crippen LogP contribution in [-0.2, 0) is 9.53 Å². The minimum Gasteiger partial charge on any atom is -0.461 e. The average Bonchev–Trinajstić information content (AvgIpc) is 1.99. The summed E-state index contributed by atoms with van der Waals surface area (Å²) < 4.78 is 4.25. The highest BCUT2D eigenvalue weighted by Gasteiger charge is 2.05. The maximum atomic E-state index is 10.6. The summed E-state index contributed by atoms with van der Waals surface area (Å²) in [5.41, 5.74) is 0. The van der Waals surface area contributed by atoms with Crippen molar-refractivity contribution in [3.8, 4) is 0 Å². The van der Waals surface area contributed by atoms with E-state index in [1.165, 1.54) is 0 Å². The van der Waals surface area contributed by atoms with Crippen LogP contribution in [0.15, 0.2) is 0 Å². The molecule has 0 unspecified atom stereocenters. The smallest absolute Gasteiger partial charge is 0.320 e. The summed E-state index contributed by atoms with van der Waals surface area (Å²) >= 11 is 0. The molecule has 0 rings (SSSR count). The summed E-state index contributed by atoms with van der Waals surface area (Å²) in [5, 5.41) is 0. The second-order valence-corrected chi connectivity index (χ2v) is 1.98. The Morgan fingerprint density at radius 3 is 2.30 bits per heavy atom. The van der Waals surface area contributed by atoms with Crippen LogP contribution in [0.25, 0.3) is 0 Å². The van der Waals surface area contributed by atoms with E-state index in [1.807, 2.05) is 18.7 Å². The summed E-state index contributed by atoms with van der Waals surface area (Å²) in [5.74, 6) is -0.274. The number of ether oxygens (including phenoxy) is 1. The Morgan fingerprint density at radius 1 is 1.50 bits per heavy atom. The van der Waals surface area contributed by atoms with Crippen molar-refractivity contribution < 1.29 is 9.53 Å². The molecule has 0 aromatic rings. The maximum absolute atomic E-state index is 10.6. The molecule has 0 aromatic heterocycles. The quantitative estimate of drug-likeness (QED) is 0.543. The first-order valence-electron chi connectivity index (χ1n) is 3.41. The summed E-state index contributed by atoms with van der Waals surface area (Å²) in [6, 6.07) is 0. The van der Waals surface area contributed by atoms with Gasteiger partial charge in [0.2, 0.25) is 0 Å². The molecule has 0 aliphatic rings. The van der Waals surface area contributed by atoms with E-state index in [2.05, 4.69) is 11.8 Å². The summed E-state index contributed by atoms with van der Waals surface area (Å²) in [4.78, 5) is 12.6. The monoisotopic (exact) mass is 144 g/mol. The van der Waals surface area contributed by atoms with Crippen LogP contribution in [0.1, 0.15) is 13.8 Å². The fourth-order valence-electron chi connectivity index (χ4n) is 0.675. The van der Waals surface area contributed by atoms with E-state index < -0.39 is 0 Å². The molecule has 0 spiro atoms. The molecule has 1 radical (unpaired) electrons. The van der Waals surface area contributed by atoms with Gasteiger partial charge >= 0.3 is 5.97 Å². The Morgan fingerprint density at radius 2 is 2.00 bits per heavy atom. The van der Waals surface area contributed by atoms with E-state index in [1.54, 1.807) is 0 Å². The molecule has 0 aromatic carbocycles. The fraction of sp³-hybridized carbons (Fsp3) is 0.714. The van der Waals surface area contributed by atoms with Crippen molar-refractivity contribution in [3.63, 3.8) is 0 Å². The number of hydrogen-bond acceptors (Lipinski definition) is 3. The second-order valence-electron chi connectivity index (χ2n) is 1.98. The van der Waals surface area contributed by atoms with Crippen LogP contribution in [0, 0.1) is 7.11 Å². The number of carbonyl (C=O) groups is 1. The first kappa shape index (κ1) is 9.43. The minimum absolute atomic E-state index is 0.274. The van der Waals surface area contributed by atoms with Crippen molar-refractivity contribution in [3.05, 3.63) is 7.11 Å². The van der Waals surface area contributed by atoms with Gasteiger partial charge in [0.05, 0.1) is 6.54 Å². The van der Waals surface area contributed by atoms with Crippen molar-refractivity contribution >= 4 is 5.97 Å². The number of nitrogens with zero attached hydrogens (tertiary/aromatic N) is 1. The van der Waals surface area contributed by atoms with Gasteiger partial charge in [-0.25, -0.2) is 0 Å². The van der Waals surface area contributed by atoms with Gasteiger partial charge in [0.15, 0.2) is 0 Å². The highest BCUT2D eigenvalue weighted by atomic mass is 16.5. The topological polar surface area (TPSA) is 29.5 Å². The van der Waals surface area contributed by atoms with Crippen LogP contribution in [0.5, 0.6) is 0 Å². The van der Waals surface area contributed by atoms with E-state index in [-0.39, 0.29) is 5.97 Å². The van der Waals surface area contributed by atoms with E-state index in [4.69, 9.17) is 0 Å². The van der Waals surface area contributed by atoms with Gasteiger partial charge in [-0.2, -0.15) is 0 Å². The molecule has 59 valence electrons. The third-order valence-corrected chi connectivity index (χ3v) is 1.41. The number of hydrogen-bond donors (Lipinski definition) is 0. The van der Waals surface area contributed by atoms with Crippen molar-refractivity contribution in [2.24, 2.45) is 0 Å². The summed E-state index contributed by atoms with van der Waals surface area (Å²) in [6.45, 7) is 6.08. The van der Waals surface area contributed by atoms with Crippen LogP contribution in [0.3, 0.4) is 0 Å². The van der Waals surface area contributed by atoms with Gasteiger partial charge in [-0.3, -0.25) is 9.69 Å². The first-order valence-corrected chi connectivity index (χ1v) is 3.41. The van der Waals surface area contributed by atoms with E-state index in [0.717, 1.165) is 13.1 Å². The third kappa shape index (κ3) is 3.45. The van der Waals surface area contributed by atoms with Gasteiger partial charge in [-0.1, -0.05) is 13.8 Å². The molecular weight excluding hydrogens is 130 g/mol. The van der Waals surface area contributed by atoms with Gasteiger partial charge in [0.25, 0.3) is 0 Å². The van der Waals surface area contributed by atoms with Crippen molar-refractivity contribution in [1.82, 2.24) is 4.90 Å². The molecule has 10 heavy (non-hydrogen) atoms. The van der Waals surface area contributed by atoms with Gasteiger partial charge in [-0.15, -0.1) is 0 Å². The molecular formula is C7H14NO2. The van der Waals surface area contributed by atoms with Crippen molar-refractivity contribution in [2.75, 3.05) is 19.6 Å². The minimum atomic E-state index is -0.274. The van der Waals surface area contributed by atoms with Crippen molar-refractivity contribution in [1.29, 1.82) is 0 Å². The zero-order valence-corrected chi connectivity index (χ0v) is 6.59. The lowest BCUT2D eigenvalue weighted by molar-refractivity contribution is -0.139.